The Labute approximate surface area is 159 Å². The number of benzene rings is 1. The van der Waals surface area contributed by atoms with Crippen molar-refractivity contribution in [2.24, 2.45) is 5.41 Å². The minimum Gasteiger partial charge on any atom is -0.493 e. The first kappa shape index (κ1) is 20.3. The number of hydrogen-bond donors (Lipinski definition) is 2. The van der Waals surface area contributed by atoms with Gasteiger partial charge in [-0.2, -0.15) is 0 Å². The van der Waals surface area contributed by atoms with Crippen LogP contribution in [0.3, 0.4) is 0 Å². The highest BCUT2D eigenvalue weighted by atomic mass is 32.1. The first-order valence-electron chi connectivity index (χ1n) is 8.71. The Balaban J connectivity index is 1.78. The summed E-state index contributed by atoms with van der Waals surface area (Å²) in [5.41, 5.74) is 0.749. The van der Waals surface area contributed by atoms with Gasteiger partial charge in [0.1, 0.15) is 6.61 Å². The normalized spacial score (nSPS) is 11.2. The molecular formula is C20H28N2O3S. The lowest BCUT2D eigenvalue weighted by Crippen LogP contribution is -2.38. The lowest BCUT2D eigenvalue weighted by Gasteiger charge is -2.17. The molecule has 0 aliphatic carbocycles. The highest BCUT2D eigenvalue weighted by Crippen LogP contribution is 2.29. The van der Waals surface area contributed by atoms with E-state index < -0.39 is 0 Å². The molecule has 0 fully saturated rings. The fourth-order valence-electron chi connectivity index (χ4n) is 2.25. The maximum atomic E-state index is 11.8. The Morgan fingerprint density at radius 2 is 1.96 bits per heavy atom. The van der Waals surface area contributed by atoms with E-state index in [9.17, 15) is 4.79 Å². The molecule has 0 radical (unpaired) electrons. The van der Waals surface area contributed by atoms with Crippen molar-refractivity contribution in [3.8, 4) is 11.5 Å². The number of carbonyl (C=O) groups excluding carboxylic acids is 1. The molecular weight excluding hydrogens is 348 g/mol. The number of hydrogen-bond acceptors (Lipinski definition) is 5. The Bertz CT molecular complexity index is 694. The number of carbonyl (C=O) groups is 1. The van der Waals surface area contributed by atoms with Gasteiger partial charge in [0.15, 0.2) is 11.5 Å². The summed E-state index contributed by atoms with van der Waals surface area (Å²) in [6.45, 7) is 8.28. The summed E-state index contributed by atoms with van der Waals surface area (Å²) < 4.78 is 11.3. The fraction of sp³-hybridized carbons (Fsp3) is 0.450. The number of ether oxygens (including phenoxy) is 2. The summed E-state index contributed by atoms with van der Waals surface area (Å²) in [6.07, 6.45) is 0. The molecule has 0 spiro atoms. The summed E-state index contributed by atoms with van der Waals surface area (Å²) in [7, 11) is 1.65. The smallest absolute Gasteiger partial charge is 0.225 e. The molecule has 2 aromatic rings. The summed E-state index contributed by atoms with van der Waals surface area (Å²) in [4.78, 5) is 13.0. The maximum absolute atomic E-state index is 11.8. The third kappa shape index (κ3) is 6.35. The SMILES string of the molecule is COc1cc(CNCCNC(=O)C(C)(C)C)ccc1OCc1cccs1. The molecule has 0 saturated heterocycles. The van der Waals surface area contributed by atoms with Gasteiger partial charge in [-0.25, -0.2) is 0 Å². The Kier molecular flexibility index (Phi) is 7.48. The molecule has 6 heteroatoms. The van der Waals surface area contributed by atoms with Gasteiger partial charge in [0.05, 0.1) is 7.11 Å². The van der Waals surface area contributed by atoms with Crippen LogP contribution in [0.25, 0.3) is 0 Å². The van der Waals surface area contributed by atoms with Gasteiger partial charge < -0.3 is 20.1 Å². The number of thiophene rings is 1. The molecule has 5 nitrogen and oxygen atoms in total. The van der Waals surface area contributed by atoms with Crippen molar-refractivity contribution in [2.75, 3.05) is 20.2 Å². The summed E-state index contributed by atoms with van der Waals surface area (Å²) in [5, 5.41) is 8.29. The van der Waals surface area contributed by atoms with Crippen LogP contribution < -0.4 is 20.1 Å². The quantitative estimate of drug-likeness (QED) is 0.657. The minimum absolute atomic E-state index is 0.0632. The molecule has 2 N–H and O–H groups in total. The van der Waals surface area contributed by atoms with Crippen LogP contribution in [0.2, 0.25) is 0 Å². The van der Waals surface area contributed by atoms with Crippen molar-refractivity contribution in [3.63, 3.8) is 0 Å². The van der Waals surface area contributed by atoms with Crippen LogP contribution in [0, 0.1) is 5.41 Å². The zero-order valence-corrected chi connectivity index (χ0v) is 16.7. The first-order chi connectivity index (χ1) is 12.4. The van der Waals surface area contributed by atoms with Crippen LogP contribution in [-0.2, 0) is 17.9 Å². The molecule has 0 aliphatic heterocycles. The first-order valence-corrected chi connectivity index (χ1v) is 9.59. The van der Waals surface area contributed by atoms with E-state index in [0.717, 1.165) is 17.1 Å². The van der Waals surface area contributed by atoms with E-state index in [0.29, 0.717) is 26.2 Å². The van der Waals surface area contributed by atoms with E-state index in [1.165, 1.54) is 4.88 Å². The highest BCUT2D eigenvalue weighted by Gasteiger charge is 2.20. The second kappa shape index (κ2) is 9.59. The highest BCUT2D eigenvalue weighted by molar-refractivity contribution is 7.09. The van der Waals surface area contributed by atoms with Gasteiger partial charge in [0.25, 0.3) is 0 Å². The van der Waals surface area contributed by atoms with E-state index in [4.69, 9.17) is 9.47 Å². The summed E-state index contributed by atoms with van der Waals surface area (Å²) in [6, 6.07) is 10.00. The minimum atomic E-state index is -0.355. The second-order valence-electron chi connectivity index (χ2n) is 7.04. The topological polar surface area (TPSA) is 59.6 Å². The third-order valence-electron chi connectivity index (χ3n) is 3.78. The van der Waals surface area contributed by atoms with E-state index in [-0.39, 0.29) is 11.3 Å². The lowest BCUT2D eigenvalue weighted by molar-refractivity contribution is -0.128. The van der Waals surface area contributed by atoms with E-state index in [2.05, 4.69) is 10.6 Å². The molecule has 0 unspecified atom stereocenters. The van der Waals surface area contributed by atoms with Crippen LogP contribution in [0.4, 0.5) is 0 Å². The molecule has 0 aliphatic rings. The van der Waals surface area contributed by atoms with Crippen LogP contribution in [0.15, 0.2) is 35.7 Å². The molecule has 0 bridgehead atoms. The van der Waals surface area contributed by atoms with E-state index in [1.807, 2.05) is 56.5 Å². The van der Waals surface area contributed by atoms with Crippen LogP contribution in [-0.4, -0.2) is 26.1 Å². The zero-order chi connectivity index (χ0) is 19.0. The van der Waals surface area contributed by atoms with Crippen molar-refractivity contribution in [1.82, 2.24) is 10.6 Å². The summed E-state index contributed by atoms with van der Waals surface area (Å²) in [5.74, 6) is 1.53. The standard InChI is InChI=1S/C20H28N2O3S/c1-20(2,3)19(23)22-10-9-21-13-15-7-8-17(18(12-15)24-4)25-14-16-6-5-11-26-16/h5-8,11-12,21H,9-10,13-14H2,1-4H3,(H,22,23). The number of rotatable bonds is 9. The molecule has 1 aromatic carbocycles. The van der Waals surface area contributed by atoms with Gasteiger partial charge in [0.2, 0.25) is 5.91 Å². The Morgan fingerprint density at radius 1 is 1.15 bits per heavy atom. The predicted octanol–water partition coefficient (Wildman–Crippen LogP) is 3.59. The molecule has 1 heterocycles. The van der Waals surface area contributed by atoms with Gasteiger partial charge in [-0.05, 0) is 29.1 Å². The van der Waals surface area contributed by atoms with E-state index >= 15 is 0 Å². The monoisotopic (exact) mass is 376 g/mol. The number of methoxy groups -OCH3 is 1. The van der Waals surface area contributed by atoms with Crippen molar-refractivity contribution in [3.05, 3.63) is 46.2 Å². The molecule has 1 aromatic heterocycles. The molecule has 0 saturated carbocycles. The molecule has 0 atom stereocenters. The van der Waals surface area contributed by atoms with Crippen LogP contribution >= 0.6 is 11.3 Å². The molecule has 26 heavy (non-hydrogen) atoms. The zero-order valence-electron chi connectivity index (χ0n) is 15.9. The maximum Gasteiger partial charge on any atom is 0.225 e. The number of amides is 1. The second-order valence-corrected chi connectivity index (χ2v) is 8.07. The van der Waals surface area contributed by atoms with Gasteiger partial charge >= 0.3 is 0 Å². The van der Waals surface area contributed by atoms with Gasteiger partial charge in [-0.1, -0.05) is 32.9 Å². The summed E-state index contributed by atoms with van der Waals surface area (Å²) >= 11 is 1.67. The van der Waals surface area contributed by atoms with Gasteiger partial charge in [0, 0.05) is 29.9 Å². The average molecular weight is 377 g/mol. The Morgan fingerprint density at radius 3 is 2.62 bits per heavy atom. The molecule has 1 amide bonds. The predicted molar refractivity (Wildman–Crippen MR) is 106 cm³/mol. The van der Waals surface area contributed by atoms with Crippen molar-refractivity contribution >= 4 is 17.2 Å². The van der Waals surface area contributed by atoms with Gasteiger partial charge in [-0.3, -0.25) is 4.79 Å². The molecule has 2 rings (SSSR count). The average Bonchev–Trinajstić information content (AvgIpc) is 3.12. The van der Waals surface area contributed by atoms with Crippen molar-refractivity contribution in [1.29, 1.82) is 0 Å². The van der Waals surface area contributed by atoms with Gasteiger partial charge in [-0.15, -0.1) is 11.3 Å². The van der Waals surface area contributed by atoms with Crippen molar-refractivity contribution < 1.29 is 14.3 Å². The third-order valence-corrected chi connectivity index (χ3v) is 4.63. The van der Waals surface area contributed by atoms with E-state index in [1.54, 1.807) is 18.4 Å². The lowest BCUT2D eigenvalue weighted by atomic mass is 9.96. The fourth-order valence-corrected chi connectivity index (χ4v) is 2.86. The Hall–Kier alpha value is -2.05. The number of nitrogens with one attached hydrogen (secondary N) is 2. The van der Waals surface area contributed by atoms with Crippen molar-refractivity contribution in [2.45, 2.75) is 33.9 Å². The van der Waals surface area contributed by atoms with Crippen LogP contribution in [0.5, 0.6) is 11.5 Å². The molecule has 142 valence electrons. The largest absolute Gasteiger partial charge is 0.493 e. The van der Waals surface area contributed by atoms with Crippen LogP contribution in [0.1, 0.15) is 31.2 Å².